The van der Waals surface area contributed by atoms with E-state index in [1.165, 1.54) is 11.3 Å². The van der Waals surface area contributed by atoms with E-state index in [-0.39, 0.29) is 24.8 Å². The Labute approximate surface area is 203 Å². The number of aliphatic hydroxyl groups excluding tert-OH is 3. The van der Waals surface area contributed by atoms with Crippen LogP contribution in [0.1, 0.15) is 25.0 Å². The van der Waals surface area contributed by atoms with Crippen molar-refractivity contribution < 1.29 is 28.5 Å². The van der Waals surface area contributed by atoms with Gasteiger partial charge in [0, 0.05) is 12.5 Å². The number of anilines is 2. The average molecular weight is 510 g/mol. The molecule has 2 heterocycles. The normalized spacial score (nSPS) is 25.7. The van der Waals surface area contributed by atoms with Crippen LogP contribution in [0.25, 0.3) is 20.8 Å². The highest BCUT2D eigenvalue weighted by Gasteiger charge is 2.49. The number of hydrogen-bond acceptors (Lipinski definition) is 9. The maximum Gasteiger partial charge on any atom is 0.408 e. The molecule has 0 saturated heterocycles. The summed E-state index contributed by atoms with van der Waals surface area (Å²) in [4.78, 5) is 13.4. The highest BCUT2D eigenvalue weighted by atomic mass is 32.1. The number of aryl methyl sites for hydroxylation is 1. The minimum Gasteiger partial charge on any atom is -0.396 e. The van der Waals surface area contributed by atoms with Gasteiger partial charge >= 0.3 is 6.18 Å². The van der Waals surface area contributed by atoms with E-state index in [2.05, 4.69) is 25.6 Å². The van der Waals surface area contributed by atoms with Crippen molar-refractivity contribution in [2.75, 3.05) is 17.2 Å². The van der Waals surface area contributed by atoms with Gasteiger partial charge in [0.25, 0.3) is 0 Å². The second-order valence-electron chi connectivity index (χ2n) is 9.25. The van der Waals surface area contributed by atoms with E-state index < -0.39 is 42.3 Å². The molecule has 1 aromatic carbocycles. The fraction of sp³-hybridized carbons (Fsp3) is 0.522. The summed E-state index contributed by atoms with van der Waals surface area (Å²) < 4.78 is 41.8. The van der Waals surface area contributed by atoms with Crippen LogP contribution in [-0.2, 0) is 0 Å². The first-order chi connectivity index (χ1) is 16.7. The second-order valence-corrected chi connectivity index (χ2v) is 10.3. The zero-order valence-corrected chi connectivity index (χ0v) is 19.6. The number of para-hydroxylation sites is 1. The zero-order valence-electron chi connectivity index (χ0n) is 18.8. The molecule has 2 aromatic heterocycles. The Morgan fingerprint density at radius 1 is 1.11 bits per heavy atom. The molecule has 3 aromatic rings. The van der Waals surface area contributed by atoms with Gasteiger partial charge in [-0.3, -0.25) is 0 Å². The fourth-order valence-electron chi connectivity index (χ4n) is 4.64. The molecule has 12 heteroatoms. The summed E-state index contributed by atoms with van der Waals surface area (Å²) in [6, 6.07) is 5.12. The molecule has 0 spiro atoms. The predicted molar refractivity (Wildman–Crippen MR) is 126 cm³/mol. The summed E-state index contributed by atoms with van der Waals surface area (Å²) >= 11 is 1.40. The topological polar surface area (TPSA) is 123 Å². The molecule has 0 aliphatic heterocycles. The Morgan fingerprint density at radius 3 is 2.49 bits per heavy atom. The van der Waals surface area contributed by atoms with Crippen LogP contribution in [0.15, 0.2) is 24.3 Å². The van der Waals surface area contributed by atoms with Crippen molar-refractivity contribution >= 4 is 33.3 Å². The van der Waals surface area contributed by atoms with Gasteiger partial charge in [0.05, 0.1) is 33.6 Å². The summed E-state index contributed by atoms with van der Waals surface area (Å²) in [6.45, 7) is 1.38. The van der Waals surface area contributed by atoms with E-state index in [0.29, 0.717) is 29.1 Å². The highest BCUT2D eigenvalue weighted by Crippen LogP contribution is 2.42. The van der Waals surface area contributed by atoms with Gasteiger partial charge < -0.3 is 26.0 Å². The molecule has 2 saturated carbocycles. The number of fused-ring (bicyclic) bond motifs is 1. The van der Waals surface area contributed by atoms with Crippen LogP contribution in [0.2, 0.25) is 0 Å². The molecule has 2 aliphatic rings. The smallest absolute Gasteiger partial charge is 0.396 e. The molecule has 35 heavy (non-hydrogen) atoms. The van der Waals surface area contributed by atoms with E-state index in [1.54, 1.807) is 6.92 Å². The van der Waals surface area contributed by atoms with Crippen LogP contribution >= 0.6 is 11.3 Å². The number of nitrogens with one attached hydrogen (secondary N) is 2. The lowest BCUT2D eigenvalue weighted by atomic mass is 10.1. The molecule has 0 amide bonds. The Balaban J connectivity index is 1.55. The monoisotopic (exact) mass is 509 g/mol. The minimum absolute atomic E-state index is 0.171. The number of aromatic nitrogens is 3. The first-order valence-electron chi connectivity index (χ1n) is 11.5. The van der Waals surface area contributed by atoms with Crippen molar-refractivity contribution in [2.24, 2.45) is 11.8 Å². The van der Waals surface area contributed by atoms with Gasteiger partial charge in [-0.2, -0.15) is 18.2 Å². The summed E-state index contributed by atoms with van der Waals surface area (Å²) in [6.07, 6.45) is -5.53. The fourth-order valence-corrected chi connectivity index (χ4v) is 5.70. The first kappa shape index (κ1) is 24.2. The molecule has 5 atom stereocenters. The molecule has 0 radical (unpaired) electrons. The Kier molecular flexibility index (Phi) is 6.32. The number of alkyl halides is 3. The van der Waals surface area contributed by atoms with E-state index in [1.807, 2.05) is 24.3 Å². The molecule has 2 fully saturated rings. The molecule has 188 valence electrons. The molecule has 8 nitrogen and oxygen atoms in total. The number of thiazole rings is 1. The maximum absolute atomic E-state index is 13.6. The molecule has 2 aliphatic carbocycles. The first-order valence-corrected chi connectivity index (χ1v) is 12.3. The highest BCUT2D eigenvalue weighted by molar-refractivity contribution is 7.21. The van der Waals surface area contributed by atoms with Crippen LogP contribution in [0.4, 0.5) is 24.9 Å². The molecule has 0 bridgehead atoms. The van der Waals surface area contributed by atoms with Gasteiger partial charge in [-0.25, -0.2) is 9.97 Å². The van der Waals surface area contributed by atoms with Crippen molar-refractivity contribution in [1.82, 2.24) is 15.0 Å². The number of hydrogen-bond donors (Lipinski definition) is 5. The van der Waals surface area contributed by atoms with Crippen molar-refractivity contribution in [1.29, 1.82) is 0 Å². The van der Waals surface area contributed by atoms with Crippen molar-refractivity contribution in [3.05, 3.63) is 30.0 Å². The predicted octanol–water partition coefficient (Wildman–Crippen LogP) is 3.33. The van der Waals surface area contributed by atoms with E-state index >= 15 is 0 Å². The van der Waals surface area contributed by atoms with Crippen molar-refractivity contribution in [2.45, 2.75) is 56.7 Å². The summed E-state index contributed by atoms with van der Waals surface area (Å²) in [5, 5.41) is 36.5. The number of rotatable bonds is 7. The van der Waals surface area contributed by atoms with E-state index in [4.69, 9.17) is 0 Å². The van der Waals surface area contributed by atoms with Gasteiger partial charge in [0.1, 0.15) is 23.0 Å². The number of nitrogens with zero attached hydrogens (tertiary/aromatic N) is 3. The Morgan fingerprint density at radius 2 is 1.86 bits per heavy atom. The zero-order chi connectivity index (χ0) is 24.9. The summed E-state index contributed by atoms with van der Waals surface area (Å²) in [7, 11) is 0. The van der Waals surface area contributed by atoms with Gasteiger partial charge in [-0.15, -0.1) is 11.3 Å². The third-order valence-electron chi connectivity index (χ3n) is 6.69. The lowest BCUT2D eigenvalue weighted by Gasteiger charge is -2.24. The van der Waals surface area contributed by atoms with Crippen LogP contribution in [0.3, 0.4) is 0 Å². The van der Waals surface area contributed by atoms with Crippen molar-refractivity contribution in [3.63, 3.8) is 0 Å². The second kappa shape index (κ2) is 9.16. The lowest BCUT2D eigenvalue weighted by molar-refractivity contribution is -0.146. The number of halogens is 3. The maximum atomic E-state index is 13.6. The van der Waals surface area contributed by atoms with Crippen LogP contribution in [0, 0.1) is 18.8 Å². The number of aliphatic hydroxyl groups is 3. The average Bonchev–Trinajstić information content (AvgIpc) is 3.49. The SMILES string of the molecule is Cc1nc(NC(C2CC2)C(F)(F)F)nc(NC2CC(CO)C(O)C2O)c1-c1nc2ccccc2s1. The molecular formula is C23H26F3N5O3S. The molecule has 5 N–H and O–H groups in total. The Hall–Kier alpha value is -2.54. The van der Waals surface area contributed by atoms with Crippen LogP contribution in [0.5, 0.6) is 0 Å². The van der Waals surface area contributed by atoms with E-state index in [0.717, 1.165) is 10.2 Å². The van der Waals surface area contributed by atoms with Gasteiger partial charge in [0.2, 0.25) is 5.95 Å². The molecular weight excluding hydrogens is 483 g/mol. The van der Waals surface area contributed by atoms with Gasteiger partial charge in [-0.05, 0) is 44.2 Å². The minimum atomic E-state index is -4.45. The standard InChI is InChI=1S/C23H26F3N5O3S/c1-10-16(21-29-13-4-2-3-5-15(13)35-21)20(28-14-8-12(9-32)17(33)18(14)34)31-22(27-10)30-19(11-6-7-11)23(24,25)26/h2-5,11-12,14,17-19,32-34H,6-9H2,1H3,(H2,27,28,30,31). The quantitative estimate of drug-likeness (QED) is 0.329. The van der Waals surface area contributed by atoms with Crippen LogP contribution in [-0.4, -0.2) is 67.3 Å². The number of benzene rings is 1. The van der Waals surface area contributed by atoms with E-state index in [9.17, 15) is 28.5 Å². The largest absolute Gasteiger partial charge is 0.408 e. The third kappa shape index (κ3) is 4.80. The van der Waals surface area contributed by atoms with Gasteiger partial charge in [-0.1, -0.05) is 12.1 Å². The van der Waals surface area contributed by atoms with Crippen molar-refractivity contribution in [3.8, 4) is 10.6 Å². The Bertz CT molecular complexity index is 1190. The van der Waals surface area contributed by atoms with Gasteiger partial charge in [0.15, 0.2) is 0 Å². The molecule has 5 rings (SSSR count). The molecule has 5 unspecified atom stereocenters. The summed E-state index contributed by atoms with van der Waals surface area (Å²) in [5.74, 6) is -1.00. The lowest BCUT2D eigenvalue weighted by Crippen LogP contribution is -2.39. The van der Waals surface area contributed by atoms with Crippen LogP contribution < -0.4 is 10.6 Å². The third-order valence-corrected chi connectivity index (χ3v) is 7.74. The summed E-state index contributed by atoms with van der Waals surface area (Å²) in [5.41, 5.74) is 1.70.